The van der Waals surface area contributed by atoms with Crippen LogP contribution in [0, 0.1) is 5.92 Å². The fourth-order valence-corrected chi connectivity index (χ4v) is 5.60. The first-order valence-electron chi connectivity index (χ1n) is 11.0. The largest absolute Gasteiger partial charge is 0.493 e. The van der Waals surface area contributed by atoms with Crippen molar-refractivity contribution in [1.29, 1.82) is 0 Å². The summed E-state index contributed by atoms with van der Waals surface area (Å²) in [5.74, 6) is 0.857. The number of carboxylic acid groups (broad SMARTS) is 1. The van der Waals surface area contributed by atoms with Crippen LogP contribution in [0.3, 0.4) is 0 Å². The van der Waals surface area contributed by atoms with E-state index in [9.17, 15) is 9.90 Å². The number of aromatic carboxylic acids is 1. The van der Waals surface area contributed by atoms with Gasteiger partial charge in [0.25, 0.3) is 0 Å². The molecule has 3 aliphatic rings. The van der Waals surface area contributed by atoms with Gasteiger partial charge < -0.3 is 19.3 Å². The minimum atomic E-state index is -0.876. The standard InChI is InChI=1S/C25H29NO5/c1-25(2)18-13-19-20(30-22(18)17-9-6-10-21(29-3)23(17)31-25)11-12-26(19)14-15-7-4-5-8-16(15)24(27)28/h4-10,18-20,22H,11-14H2,1-3H3,(H,27,28)/t18-,19+,20-,22+/m1/s1. The van der Waals surface area contributed by atoms with Crippen LogP contribution in [-0.2, 0) is 11.3 Å². The van der Waals surface area contributed by atoms with E-state index in [2.05, 4.69) is 24.8 Å². The molecule has 6 nitrogen and oxygen atoms in total. The van der Waals surface area contributed by atoms with E-state index in [1.807, 2.05) is 24.3 Å². The maximum absolute atomic E-state index is 11.7. The number of hydrogen-bond donors (Lipinski definition) is 1. The third-order valence-electron chi connectivity index (χ3n) is 7.20. The smallest absolute Gasteiger partial charge is 0.336 e. The number of carbonyl (C=O) groups is 1. The molecule has 4 atom stereocenters. The average Bonchev–Trinajstić information content (AvgIpc) is 3.14. The average molecular weight is 424 g/mol. The van der Waals surface area contributed by atoms with Gasteiger partial charge in [-0.3, -0.25) is 4.90 Å². The highest BCUT2D eigenvalue weighted by Gasteiger charge is 2.53. The van der Waals surface area contributed by atoms with Crippen molar-refractivity contribution >= 4 is 5.97 Å². The maximum Gasteiger partial charge on any atom is 0.336 e. The van der Waals surface area contributed by atoms with E-state index in [4.69, 9.17) is 14.2 Å². The molecule has 2 aromatic carbocycles. The van der Waals surface area contributed by atoms with Gasteiger partial charge in [-0.2, -0.15) is 0 Å². The van der Waals surface area contributed by atoms with Gasteiger partial charge in [0.1, 0.15) is 5.60 Å². The highest BCUT2D eigenvalue weighted by molar-refractivity contribution is 5.89. The summed E-state index contributed by atoms with van der Waals surface area (Å²) < 4.78 is 18.7. The first-order chi connectivity index (χ1) is 14.9. The molecular weight excluding hydrogens is 394 g/mol. The number of fused-ring (bicyclic) bond motifs is 4. The summed E-state index contributed by atoms with van der Waals surface area (Å²) in [4.78, 5) is 14.0. The molecule has 0 aliphatic carbocycles. The van der Waals surface area contributed by atoms with Crippen LogP contribution in [0.2, 0.25) is 0 Å². The van der Waals surface area contributed by atoms with Gasteiger partial charge in [-0.15, -0.1) is 0 Å². The molecule has 0 saturated carbocycles. The highest BCUT2D eigenvalue weighted by atomic mass is 16.5. The third-order valence-corrected chi connectivity index (χ3v) is 7.20. The second-order valence-electron chi connectivity index (χ2n) is 9.31. The number of benzene rings is 2. The minimum absolute atomic E-state index is 0.0265. The van der Waals surface area contributed by atoms with Gasteiger partial charge in [0.15, 0.2) is 11.5 Å². The number of likely N-dealkylation sites (tertiary alicyclic amines) is 1. The summed E-state index contributed by atoms with van der Waals surface area (Å²) in [6.45, 7) is 5.77. The Labute approximate surface area is 182 Å². The van der Waals surface area contributed by atoms with Crippen molar-refractivity contribution in [3.05, 3.63) is 59.2 Å². The van der Waals surface area contributed by atoms with Crippen molar-refractivity contribution in [3.63, 3.8) is 0 Å². The van der Waals surface area contributed by atoms with Gasteiger partial charge in [-0.1, -0.05) is 30.3 Å². The lowest BCUT2D eigenvalue weighted by Crippen LogP contribution is -2.53. The molecule has 6 heteroatoms. The van der Waals surface area contributed by atoms with E-state index in [-0.39, 0.29) is 24.2 Å². The molecule has 2 saturated heterocycles. The molecule has 1 N–H and O–H groups in total. The molecule has 31 heavy (non-hydrogen) atoms. The van der Waals surface area contributed by atoms with Gasteiger partial charge in [0.2, 0.25) is 0 Å². The predicted molar refractivity (Wildman–Crippen MR) is 116 cm³/mol. The Morgan fingerprint density at radius 3 is 2.81 bits per heavy atom. The van der Waals surface area contributed by atoms with E-state index < -0.39 is 11.6 Å². The van der Waals surface area contributed by atoms with E-state index in [0.717, 1.165) is 42.0 Å². The number of hydrogen-bond acceptors (Lipinski definition) is 5. The first kappa shape index (κ1) is 20.3. The summed E-state index contributed by atoms with van der Waals surface area (Å²) in [6, 6.07) is 13.5. The van der Waals surface area contributed by atoms with Crippen LogP contribution < -0.4 is 9.47 Å². The lowest BCUT2D eigenvalue weighted by Gasteiger charge is -2.51. The SMILES string of the molecule is COc1cccc2c1OC(C)(C)[C@@H]1C[C@H]3[C@@H](CCN3Cc3ccccc3C(=O)O)O[C@@H]21. The van der Waals surface area contributed by atoms with E-state index >= 15 is 0 Å². The molecule has 2 fully saturated rings. The van der Waals surface area contributed by atoms with Crippen molar-refractivity contribution < 1.29 is 24.1 Å². The Morgan fingerprint density at radius 2 is 2.03 bits per heavy atom. The molecule has 3 heterocycles. The zero-order chi connectivity index (χ0) is 21.8. The second kappa shape index (κ2) is 7.53. The Bertz CT molecular complexity index is 1000. The molecule has 2 aromatic rings. The predicted octanol–water partition coefficient (Wildman–Crippen LogP) is 4.29. The molecule has 5 rings (SSSR count). The quantitative estimate of drug-likeness (QED) is 0.792. The summed E-state index contributed by atoms with van der Waals surface area (Å²) >= 11 is 0. The van der Waals surface area contributed by atoms with Crippen LogP contribution in [0.5, 0.6) is 11.5 Å². The fraction of sp³-hybridized carbons (Fsp3) is 0.480. The Morgan fingerprint density at radius 1 is 1.23 bits per heavy atom. The maximum atomic E-state index is 11.7. The minimum Gasteiger partial charge on any atom is -0.493 e. The van der Waals surface area contributed by atoms with Gasteiger partial charge in [-0.05, 0) is 44.4 Å². The molecular formula is C25H29NO5. The number of ether oxygens (including phenoxy) is 3. The first-order valence-corrected chi connectivity index (χ1v) is 11.0. The van der Waals surface area contributed by atoms with Crippen molar-refractivity contribution in [2.24, 2.45) is 5.92 Å². The van der Waals surface area contributed by atoms with Crippen molar-refractivity contribution in [2.75, 3.05) is 13.7 Å². The van der Waals surface area contributed by atoms with Gasteiger partial charge in [0.05, 0.1) is 24.9 Å². The fourth-order valence-electron chi connectivity index (χ4n) is 5.60. The number of para-hydroxylation sites is 1. The molecule has 0 amide bonds. The van der Waals surface area contributed by atoms with Crippen molar-refractivity contribution in [2.45, 2.75) is 57.1 Å². The summed E-state index contributed by atoms with van der Waals surface area (Å²) in [7, 11) is 1.67. The second-order valence-corrected chi connectivity index (χ2v) is 9.31. The Hall–Kier alpha value is -2.57. The number of rotatable bonds is 4. The van der Waals surface area contributed by atoms with Gasteiger partial charge >= 0.3 is 5.97 Å². The lowest BCUT2D eigenvalue weighted by atomic mass is 9.74. The Kier molecular flexibility index (Phi) is 4.94. The van der Waals surface area contributed by atoms with Crippen LogP contribution >= 0.6 is 0 Å². The van der Waals surface area contributed by atoms with Gasteiger partial charge in [0, 0.05) is 30.6 Å². The van der Waals surface area contributed by atoms with Crippen LogP contribution in [0.25, 0.3) is 0 Å². The topological polar surface area (TPSA) is 68.2 Å². The van der Waals surface area contributed by atoms with E-state index in [1.165, 1.54) is 0 Å². The summed E-state index contributed by atoms with van der Waals surface area (Å²) in [5, 5.41) is 9.56. The number of nitrogens with zero attached hydrogens (tertiary/aromatic N) is 1. The van der Waals surface area contributed by atoms with Crippen LogP contribution in [-0.4, -0.2) is 47.4 Å². The number of methoxy groups -OCH3 is 1. The molecule has 0 radical (unpaired) electrons. The van der Waals surface area contributed by atoms with Crippen molar-refractivity contribution in [3.8, 4) is 11.5 Å². The zero-order valence-electron chi connectivity index (χ0n) is 18.2. The lowest BCUT2D eigenvalue weighted by molar-refractivity contribution is -0.163. The van der Waals surface area contributed by atoms with E-state index in [1.54, 1.807) is 19.2 Å². The Balaban J connectivity index is 1.43. The van der Waals surface area contributed by atoms with Gasteiger partial charge in [-0.25, -0.2) is 4.79 Å². The molecule has 0 bridgehead atoms. The van der Waals surface area contributed by atoms with Crippen LogP contribution in [0.4, 0.5) is 0 Å². The molecule has 0 unspecified atom stereocenters. The summed E-state index contributed by atoms with van der Waals surface area (Å²) in [5.41, 5.74) is 1.90. The highest BCUT2D eigenvalue weighted by Crippen LogP contribution is 2.54. The van der Waals surface area contributed by atoms with Crippen molar-refractivity contribution in [1.82, 2.24) is 4.90 Å². The third kappa shape index (κ3) is 3.38. The van der Waals surface area contributed by atoms with E-state index in [0.29, 0.717) is 12.1 Å². The zero-order valence-corrected chi connectivity index (χ0v) is 18.2. The molecule has 3 aliphatic heterocycles. The normalized spacial score (nSPS) is 28.7. The van der Waals surface area contributed by atoms with Crippen LogP contribution in [0.1, 0.15) is 54.3 Å². The summed E-state index contributed by atoms with van der Waals surface area (Å²) in [6.07, 6.45) is 2.00. The molecule has 0 spiro atoms. The molecule has 0 aromatic heterocycles. The monoisotopic (exact) mass is 423 g/mol. The van der Waals surface area contributed by atoms with Crippen LogP contribution in [0.15, 0.2) is 42.5 Å². The molecule has 164 valence electrons. The number of carboxylic acids is 1.